The Labute approximate surface area is 143 Å². The largest absolute Gasteiger partial charge is 0.325 e. The van der Waals surface area contributed by atoms with E-state index in [-0.39, 0.29) is 18.4 Å². The zero-order valence-corrected chi connectivity index (χ0v) is 14.7. The van der Waals surface area contributed by atoms with Crippen molar-refractivity contribution in [2.45, 2.75) is 34.1 Å². The van der Waals surface area contributed by atoms with E-state index in [4.69, 9.17) is 0 Å². The molecule has 2 aromatic carbocycles. The number of hydrogen-bond acceptors (Lipinski definition) is 2. The van der Waals surface area contributed by atoms with E-state index in [1.165, 1.54) is 23.0 Å². The Balaban J connectivity index is 2.10. The highest BCUT2D eigenvalue weighted by atomic mass is 16.2. The molecule has 0 aromatic heterocycles. The first-order chi connectivity index (χ1) is 11.4. The molecule has 0 atom stereocenters. The molecule has 2 aromatic rings. The Morgan fingerprint density at radius 3 is 2.21 bits per heavy atom. The van der Waals surface area contributed by atoms with Crippen molar-refractivity contribution in [2.24, 2.45) is 0 Å². The second kappa shape index (κ2) is 7.77. The van der Waals surface area contributed by atoms with Crippen LogP contribution in [0, 0.1) is 13.8 Å². The third-order valence-electron chi connectivity index (χ3n) is 4.13. The Hall–Kier alpha value is -2.62. The van der Waals surface area contributed by atoms with Crippen molar-refractivity contribution in [3.05, 3.63) is 59.2 Å². The van der Waals surface area contributed by atoms with Crippen molar-refractivity contribution in [1.29, 1.82) is 0 Å². The van der Waals surface area contributed by atoms with Crippen LogP contribution in [0.2, 0.25) is 0 Å². The van der Waals surface area contributed by atoms with Crippen LogP contribution in [0.15, 0.2) is 42.5 Å². The number of nitrogens with one attached hydrogen (secondary N) is 1. The fourth-order valence-electron chi connectivity index (χ4n) is 2.46. The predicted molar refractivity (Wildman–Crippen MR) is 98.4 cm³/mol. The molecular weight excluding hydrogens is 300 g/mol. The van der Waals surface area contributed by atoms with Gasteiger partial charge in [-0.15, -0.1) is 0 Å². The summed E-state index contributed by atoms with van der Waals surface area (Å²) in [5, 5.41) is 2.85. The van der Waals surface area contributed by atoms with Gasteiger partial charge in [-0.3, -0.25) is 9.59 Å². The van der Waals surface area contributed by atoms with Crippen LogP contribution >= 0.6 is 0 Å². The lowest BCUT2D eigenvalue weighted by Crippen LogP contribution is -2.36. The first kappa shape index (κ1) is 17.7. The fourth-order valence-corrected chi connectivity index (χ4v) is 2.46. The van der Waals surface area contributed by atoms with Crippen molar-refractivity contribution < 1.29 is 9.59 Å². The maximum atomic E-state index is 12.3. The third-order valence-corrected chi connectivity index (χ3v) is 4.13. The van der Waals surface area contributed by atoms with E-state index in [9.17, 15) is 9.59 Å². The van der Waals surface area contributed by atoms with Crippen LogP contribution in [0.25, 0.3) is 0 Å². The molecular formula is C20H24N2O2. The summed E-state index contributed by atoms with van der Waals surface area (Å²) in [7, 11) is 0. The van der Waals surface area contributed by atoms with Crippen LogP contribution in [-0.2, 0) is 16.0 Å². The molecule has 0 radical (unpaired) electrons. The highest BCUT2D eigenvalue weighted by Crippen LogP contribution is 2.17. The Morgan fingerprint density at radius 1 is 1.00 bits per heavy atom. The van der Waals surface area contributed by atoms with Crippen molar-refractivity contribution >= 4 is 23.2 Å². The molecule has 2 rings (SSSR count). The van der Waals surface area contributed by atoms with E-state index >= 15 is 0 Å². The Bertz CT molecular complexity index is 736. The van der Waals surface area contributed by atoms with Crippen LogP contribution in [0.4, 0.5) is 11.4 Å². The van der Waals surface area contributed by atoms with Gasteiger partial charge in [-0.1, -0.05) is 25.1 Å². The average Bonchev–Trinajstić information content (AvgIpc) is 2.56. The van der Waals surface area contributed by atoms with E-state index in [2.05, 4.69) is 12.2 Å². The van der Waals surface area contributed by atoms with Crippen LogP contribution in [-0.4, -0.2) is 18.4 Å². The van der Waals surface area contributed by atoms with Crippen molar-refractivity contribution in [2.75, 3.05) is 16.8 Å². The maximum absolute atomic E-state index is 12.3. The molecule has 0 unspecified atom stereocenters. The number of carbonyl (C=O) groups is 2. The van der Waals surface area contributed by atoms with Gasteiger partial charge >= 0.3 is 0 Å². The normalized spacial score (nSPS) is 10.3. The first-order valence-corrected chi connectivity index (χ1v) is 8.15. The van der Waals surface area contributed by atoms with Crippen LogP contribution in [0.5, 0.6) is 0 Å². The van der Waals surface area contributed by atoms with Gasteiger partial charge in [0.2, 0.25) is 11.8 Å². The van der Waals surface area contributed by atoms with Crippen LogP contribution < -0.4 is 10.2 Å². The van der Waals surface area contributed by atoms with E-state index in [0.29, 0.717) is 0 Å². The highest BCUT2D eigenvalue weighted by Gasteiger charge is 2.16. The summed E-state index contributed by atoms with van der Waals surface area (Å²) in [5.41, 5.74) is 4.96. The van der Waals surface area contributed by atoms with Gasteiger partial charge in [0.05, 0.1) is 0 Å². The molecule has 0 spiro atoms. The molecule has 1 N–H and O–H groups in total. The molecule has 4 nitrogen and oxygen atoms in total. The van der Waals surface area contributed by atoms with Gasteiger partial charge in [0.25, 0.3) is 0 Å². The highest BCUT2D eigenvalue weighted by molar-refractivity contribution is 6.01. The second-order valence-electron chi connectivity index (χ2n) is 5.97. The van der Waals surface area contributed by atoms with E-state index in [0.717, 1.165) is 23.4 Å². The van der Waals surface area contributed by atoms with Crippen molar-refractivity contribution in [1.82, 2.24) is 0 Å². The van der Waals surface area contributed by atoms with Gasteiger partial charge in [0.1, 0.15) is 6.54 Å². The quantitative estimate of drug-likeness (QED) is 0.908. The van der Waals surface area contributed by atoms with Gasteiger partial charge in [0.15, 0.2) is 0 Å². The van der Waals surface area contributed by atoms with E-state index < -0.39 is 0 Å². The minimum absolute atomic E-state index is 0.00622. The molecule has 0 aliphatic carbocycles. The number of hydrogen-bond donors (Lipinski definition) is 1. The Kier molecular flexibility index (Phi) is 5.74. The van der Waals surface area contributed by atoms with Crippen LogP contribution in [0.1, 0.15) is 30.5 Å². The summed E-state index contributed by atoms with van der Waals surface area (Å²) in [6, 6.07) is 13.5. The van der Waals surface area contributed by atoms with Gasteiger partial charge in [0, 0.05) is 18.3 Å². The summed E-state index contributed by atoms with van der Waals surface area (Å²) in [6.07, 6.45) is 0.938. The lowest BCUT2D eigenvalue weighted by molar-refractivity contribution is -0.120. The molecule has 2 amide bonds. The molecule has 0 fully saturated rings. The number of anilines is 2. The first-order valence-electron chi connectivity index (χ1n) is 8.15. The third kappa shape index (κ3) is 4.44. The minimum atomic E-state index is -0.215. The topological polar surface area (TPSA) is 49.4 Å². The summed E-state index contributed by atoms with van der Waals surface area (Å²) in [5.74, 6) is -0.373. The monoisotopic (exact) mass is 324 g/mol. The van der Waals surface area contributed by atoms with Crippen molar-refractivity contribution in [3.63, 3.8) is 0 Å². The fraction of sp³-hybridized carbons (Fsp3) is 0.300. The van der Waals surface area contributed by atoms with Crippen LogP contribution in [0.3, 0.4) is 0 Å². The van der Waals surface area contributed by atoms with E-state index in [1.807, 2.05) is 56.3 Å². The average molecular weight is 324 g/mol. The summed E-state index contributed by atoms with van der Waals surface area (Å²) in [6.45, 7) is 7.57. The number of nitrogens with zero attached hydrogens (tertiary/aromatic N) is 1. The summed E-state index contributed by atoms with van der Waals surface area (Å²) in [4.78, 5) is 25.7. The standard InChI is InChI=1S/C20H24N2O2/c1-5-17-7-10-19(11-8-17)22(16(4)23)13-20(24)21-18-9-6-14(2)15(3)12-18/h6-12H,5,13H2,1-4H3,(H,21,24). The summed E-state index contributed by atoms with van der Waals surface area (Å²) >= 11 is 0. The summed E-state index contributed by atoms with van der Waals surface area (Å²) < 4.78 is 0. The predicted octanol–water partition coefficient (Wildman–Crippen LogP) is 3.86. The molecule has 126 valence electrons. The molecule has 0 bridgehead atoms. The minimum Gasteiger partial charge on any atom is -0.325 e. The van der Waals surface area contributed by atoms with Gasteiger partial charge in [-0.2, -0.15) is 0 Å². The zero-order valence-electron chi connectivity index (χ0n) is 14.7. The molecule has 0 heterocycles. The molecule has 24 heavy (non-hydrogen) atoms. The van der Waals surface area contributed by atoms with Crippen molar-refractivity contribution in [3.8, 4) is 0 Å². The molecule has 4 heteroatoms. The zero-order chi connectivity index (χ0) is 17.7. The SMILES string of the molecule is CCc1ccc(N(CC(=O)Nc2ccc(C)c(C)c2)C(C)=O)cc1. The molecule has 0 aliphatic heterocycles. The van der Waals surface area contributed by atoms with Gasteiger partial charge in [-0.05, 0) is 61.2 Å². The van der Waals surface area contributed by atoms with Gasteiger partial charge in [-0.25, -0.2) is 0 Å². The van der Waals surface area contributed by atoms with Gasteiger partial charge < -0.3 is 10.2 Å². The number of rotatable bonds is 5. The Morgan fingerprint density at radius 2 is 1.67 bits per heavy atom. The molecule has 0 saturated heterocycles. The molecule has 0 aliphatic rings. The number of carbonyl (C=O) groups excluding carboxylic acids is 2. The smallest absolute Gasteiger partial charge is 0.244 e. The van der Waals surface area contributed by atoms with E-state index in [1.54, 1.807) is 0 Å². The second-order valence-corrected chi connectivity index (χ2v) is 5.97. The number of aryl methyl sites for hydroxylation is 3. The number of amides is 2. The lowest BCUT2D eigenvalue weighted by atomic mass is 10.1. The lowest BCUT2D eigenvalue weighted by Gasteiger charge is -2.21. The maximum Gasteiger partial charge on any atom is 0.244 e. The molecule has 0 saturated carbocycles. The number of benzene rings is 2.